The molecule has 3 aromatic rings. The number of sulfonamides is 1. The molecule has 2 aromatic carbocycles. The van der Waals surface area contributed by atoms with E-state index in [1.165, 1.54) is 9.87 Å². The van der Waals surface area contributed by atoms with E-state index in [0.29, 0.717) is 51.0 Å². The molecule has 2 amide bonds. The maximum atomic E-state index is 14.4. The molecule has 0 bridgehead atoms. The van der Waals surface area contributed by atoms with E-state index in [1.54, 1.807) is 24.4 Å². The lowest BCUT2D eigenvalue weighted by Crippen LogP contribution is -2.47. The molecule has 1 N–H and O–H groups in total. The van der Waals surface area contributed by atoms with Crippen LogP contribution in [-0.4, -0.2) is 60.1 Å². The summed E-state index contributed by atoms with van der Waals surface area (Å²) in [5, 5.41) is 3.80. The van der Waals surface area contributed by atoms with Crippen molar-refractivity contribution in [3.63, 3.8) is 0 Å². The van der Waals surface area contributed by atoms with Crippen LogP contribution in [0, 0.1) is 11.8 Å². The van der Waals surface area contributed by atoms with E-state index in [9.17, 15) is 18.0 Å². The molecule has 0 radical (unpaired) electrons. The average molecular weight is 561 g/mol. The van der Waals surface area contributed by atoms with Crippen LogP contribution in [0.15, 0.2) is 65.7 Å². The second-order valence-electron chi connectivity index (χ2n) is 11.3. The number of hydrogen-bond donors (Lipinski definition) is 1. The van der Waals surface area contributed by atoms with Crippen molar-refractivity contribution in [1.82, 2.24) is 19.5 Å². The third kappa shape index (κ3) is 5.12. The smallest absolute Gasteiger partial charge is 0.245 e. The molecule has 3 heterocycles. The van der Waals surface area contributed by atoms with Crippen molar-refractivity contribution in [2.75, 3.05) is 19.6 Å². The summed E-state index contributed by atoms with van der Waals surface area (Å²) in [5.74, 6) is -1.12. The lowest BCUT2D eigenvalue weighted by molar-refractivity contribution is -0.136. The predicted molar refractivity (Wildman–Crippen MR) is 153 cm³/mol. The molecule has 0 unspecified atom stereocenters. The number of amides is 2. The number of carbonyl (C=O) groups excluding carboxylic acids is 2. The Morgan fingerprint density at radius 2 is 1.70 bits per heavy atom. The number of fused-ring (bicyclic) bond motifs is 3. The highest BCUT2D eigenvalue weighted by Crippen LogP contribution is 2.40. The summed E-state index contributed by atoms with van der Waals surface area (Å²) in [7, 11) is -3.99. The highest BCUT2D eigenvalue weighted by molar-refractivity contribution is 7.89. The molecule has 2 fully saturated rings. The van der Waals surface area contributed by atoms with Gasteiger partial charge in [-0.2, -0.15) is 4.31 Å². The van der Waals surface area contributed by atoms with E-state index < -0.39 is 27.9 Å². The third-order valence-corrected chi connectivity index (χ3v) is 10.8. The van der Waals surface area contributed by atoms with Crippen LogP contribution >= 0.6 is 0 Å². The fourth-order valence-corrected chi connectivity index (χ4v) is 8.60. The first-order valence-electron chi connectivity index (χ1n) is 14.4. The molecule has 1 saturated carbocycles. The van der Waals surface area contributed by atoms with Crippen LogP contribution in [-0.2, 0) is 32.6 Å². The minimum absolute atomic E-state index is 0.0195. The Bertz CT molecular complexity index is 1520. The van der Waals surface area contributed by atoms with Crippen molar-refractivity contribution in [1.29, 1.82) is 0 Å². The summed E-state index contributed by atoms with van der Waals surface area (Å²) >= 11 is 0. The summed E-state index contributed by atoms with van der Waals surface area (Å²) in [6.07, 6.45) is 6.47. The first-order chi connectivity index (χ1) is 19.4. The van der Waals surface area contributed by atoms with Gasteiger partial charge in [-0.25, -0.2) is 8.42 Å². The molecule has 2 aliphatic heterocycles. The van der Waals surface area contributed by atoms with E-state index in [2.05, 4.69) is 22.4 Å². The SMILES string of the molecule is O=C1NCCCCCCN(S(=O)(=O)c2cccc3cccnc23)[C@H]2C[C@H](C(=O)N3CCc4ccccc4C3)C[C@@H]12. The Morgan fingerprint density at radius 3 is 2.58 bits per heavy atom. The fraction of sp³-hybridized carbons (Fsp3) is 0.452. The zero-order valence-electron chi connectivity index (χ0n) is 22.7. The van der Waals surface area contributed by atoms with Crippen molar-refractivity contribution in [2.24, 2.45) is 11.8 Å². The average Bonchev–Trinajstić information content (AvgIpc) is 3.41. The predicted octanol–water partition coefficient (Wildman–Crippen LogP) is 3.90. The first-order valence-corrected chi connectivity index (χ1v) is 15.9. The summed E-state index contributed by atoms with van der Waals surface area (Å²) in [5.41, 5.74) is 2.85. The Morgan fingerprint density at radius 1 is 0.900 bits per heavy atom. The van der Waals surface area contributed by atoms with Gasteiger partial charge in [0.2, 0.25) is 21.8 Å². The topological polar surface area (TPSA) is 99.7 Å². The van der Waals surface area contributed by atoms with Gasteiger partial charge in [0.25, 0.3) is 0 Å². The van der Waals surface area contributed by atoms with E-state index >= 15 is 0 Å². The number of para-hydroxylation sites is 1. The Hall–Kier alpha value is -3.30. The van der Waals surface area contributed by atoms with E-state index in [1.807, 2.05) is 29.2 Å². The molecule has 8 nitrogen and oxygen atoms in total. The van der Waals surface area contributed by atoms with Crippen molar-refractivity contribution in [2.45, 2.75) is 62.4 Å². The van der Waals surface area contributed by atoms with Crippen LogP contribution in [0.5, 0.6) is 0 Å². The number of rotatable bonds is 3. The Balaban J connectivity index is 1.34. The van der Waals surface area contributed by atoms with Crippen molar-refractivity contribution in [3.05, 3.63) is 71.9 Å². The quantitative estimate of drug-likeness (QED) is 0.524. The Labute approximate surface area is 235 Å². The molecule has 0 spiro atoms. The van der Waals surface area contributed by atoms with Gasteiger partial charge in [0, 0.05) is 49.7 Å². The van der Waals surface area contributed by atoms with E-state index in [0.717, 1.165) is 36.6 Å². The highest BCUT2D eigenvalue weighted by Gasteiger charge is 2.48. The molecule has 210 valence electrons. The van der Waals surface area contributed by atoms with Crippen molar-refractivity contribution in [3.8, 4) is 0 Å². The third-order valence-electron chi connectivity index (χ3n) is 8.81. The summed E-state index contributed by atoms with van der Waals surface area (Å²) in [4.78, 5) is 33.8. The zero-order chi connectivity index (χ0) is 27.7. The second kappa shape index (κ2) is 11.3. The molecular formula is C31H36N4O4S. The van der Waals surface area contributed by atoms with Gasteiger partial charge in [0.05, 0.1) is 11.4 Å². The van der Waals surface area contributed by atoms with Gasteiger partial charge in [-0.1, -0.05) is 55.3 Å². The van der Waals surface area contributed by atoms with Crippen molar-refractivity contribution >= 4 is 32.7 Å². The van der Waals surface area contributed by atoms with Crippen LogP contribution in [0.4, 0.5) is 0 Å². The molecule has 9 heteroatoms. The standard InChI is InChI=1S/C31H36N4O4S/c36-30-26-19-25(31(37)34-18-14-22-9-3-4-10-24(22)21-34)20-27(26)35(17-6-2-1-5-15-33-30)40(38,39)28-13-7-11-23-12-8-16-32-29(23)28/h3-4,7-13,16,25-27H,1-2,5-6,14-15,17-21H2,(H,33,36)/t25-,26-,27+/m1/s1. The minimum Gasteiger partial charge on any atom is -0.356 e. The molecule has 1 aliphatic carbocycles. The normalized spacial score (nSPS) is 24.6. The van der Waals surface area contributed by atoms with Crippen LogP contribution in [0.1, 0.15) is 49.7 Å². The van der Waals surface area contributed by atoms with Crippen LogP contribution < -0.4 is 5.32 Å². The number of pyridine rings is 1. The number of carbonyl (C=O) groups is 2. The molecule has 3 atom stereocenters. The number of aromatic nitrogens is 1. The summed E-state index contributed by atoms with van der Waals surface area (Å²) in [6.45, 7) is 2.08. The maximum Gasteiger partial charge on any atom is 0.245 e. The van der Waals surface area contributed by atoms with Crippen LogP contribution in [0.2, 0.25) is 0 Å². The second-order valence-corrected chi connectivity index (χ2v) is 13.1. The molecule has 40 heavy (non-hydrogen) atoms. The van der Waals surface area contributed by atoms with E-state index in [-0.39, 0.29) is 16.7 Å². The lowest BCUT2D eigenvalue weighted by atomic mass is 9.97. The molecule has 1 aromatic heterocycles. The molecule has 6 rings (SSSR count). The molecular weight excluding hydrogens is 524 g/mol. The van der Waals surface area contributed by atoms with Crippen LogP contribution in [0.3, 0.4) is 0 Å². The number of nitrogens with one attached hydrogen (secondary N) is 1. The van der Waals surface area contributed by atoms with Gasteiger partial charge >= 0.3 is 0 Å². The van der Waals surface area contributed by atoms with Gasteiger partial charge in [-0.3, -0.25) is 14.6 Å². The summed E-state index contributed by atoms with van der Waals surface area (Å²) in [6, 6.07) is 16.4. The zero-order valence-corrected chi connectivity index (χ0v) is 23.5. The molecule has 3 aliphatic rings. The van der Waals surface area contributed by atoms with E-state index in [4.69, 9.17) is 0 Å². The lowest BCUT2D eigenvalue weighted by Gasteiger charge is -2.32. The first kappa shape index (κ1) is 26.9. The highest BCUT2D eigenvalue weighted by atomic mass is 32.2. The number of nitrogens with zero attached hydrogens (tertiary/aromatic N) is 3. The molecule has 1 saturated heterocycles. The monoisotopic (exact) mass is 560 g/mol. The fourth-order valence-electron chi connectivity index (χ4n) is 6.72. The Kier molecular flexibility index (Phi) is 7.59. The van der Waals surface area contributed by atoms with Gasteiger partial charge in [-0.15, -0.1) is 0 Å². The minimum atomic E-state index is -3.99. The summed E-state index contributed by atoms with van der Waals surface area (Å²) < 4.78 is 30.3. The van der Waals surface area contributed by atoms with Gasteiger partial charge < -0.3 is 10.2 Å². The van der Waals surface area contributed by atoms with Gasteiger partial charge in [-0.05, 0) is 55.4 Å². The van der Waals surface area contributed by atoms with Crippen LogP contribution in [0.25, 0.3) is 10.9 Å². The van der Waals surface area contributed by atoms with Gasteiger partial charge in [0.15, 0.2) is 0 Å². The number of hydrogen-bond acceptors (Lipinski definition) is 5. The largest absolute Gasteiger partial charge is 0.356 e. The van der Waals surface area contributed by atoms with Crippen molar-refractivity contribution < 1.29 is 18.0 Å². The van der Waals surface area contributed by atoms with Gasteiger partial charge in [0.1, 0.15) is 4.90 Å². The number of benzene rings is 2. The maximum absolute atomic E-state index is 14.4.